The van der Waals surface area contributed by atoms with Gasteiger partial charge in [-0.25, -0.2) is 0 Å². The maximum absolute atomic E-state index is 10.7. The number of fused-ring (bicyclic) bond motifs is 1. The number of hydrogen-bond donors (Lipinski definition) is 1. The van der Waals surface area contributed by atoms with Crippen molar-refractivity contribution in [1.29, 1.82) is 0 Å². The van der Waals surface area contributed by atoms with E-state index in [-0.39, 0.29) is 16.5 Å². The molecule has 1 heterocycles. The topological polar surface area (TPSA) is 58.9 Å². The van der Waals surface area contributed by atoms with E-state index < -0.39 is 0 Å². The van der Waals surface area contributed by atoms with E-state index in [0.717, 1.165) is 11.1 Å². The first-order valence-electron chi connectivity index (χ1n) is 6.47. The molecule has 0 saturated carbocycles. The van der Waals surface area contributed by atoms with E-state index in [0.29, 0.717) is 0 Å². The van der Waals surface area contributed by atoms with Crippen LogP contribution in [0, 0.1) is 10.1 Å². The Balaban J connectivity index is 1.99. The molecule has 0 amide bonds. The van der Waals surface area contributed by atoms with Crippen LogP contribution in [0.25, 0.3) is 10.9 Å². The summed E-state index contributed by atoms with van der Waals surface area (Å²) in [6.45, 7) is 2.11. The minimum absolute atomic E-state index is 0.125. The molecule has 0 aliphatic carbocycles. The molecule has 0 fully saturated rings. The van der Waals surface area contributed by atoms with Gasteiger partial charge in [0.15, 0.2) is 0 Å². The first-order chi connectivity index (χ1) is 9.66. The molecule has 2 aromatic carbocycles. The molecule has 0 aliphatic rings. The Morgan fingerprint density at radius 3 is 2.50 bits per heavy atom. The molecule has 0 aliphatic heterocycles. The number of nitro benzene ring substituents is 1. The SMILES string of the molecule is CC(c1ccc([N+](=O)[O-])cc1)c1c[nH]c2ccccc12. The van der Waals surface area contributed by atoms with Crippen molar-refractivity contribution in [2.45, 2.75) is 12.8 Å². The normalized spacial score (nSPS) is 12.4. The van der Waals surface area contributed by atoms with Crippen LogP contribution in [0.1, 0.15) is 24.0 Å². The second-order valence-corrected chi connectivity index (χ2v) is 4.86. The molecule has 0 bridgehead atoms. The van der Waals surface area contributed by atoms with Crippen molar-refractivity contribution in [3.8, 4) is 0 Å². The Morgan fingerprint density at radius 2 is 1.80 bits per heavy atom. The van der Waals surface area contributed by atoms with Crippen molar-refractivity contribution in [3.63, 3.8) is 0 Å². The van der Waals surface area contributed by atoms with Gasteiger partial charge in [0, 0.05) is 35.2 Å². The third-order valence-corrected chi connectivity index (χ3v) is 3.69. The van der Waals surface area contributed by atoms with Crippen LogP contribution < -0.4 is 0 Å². The standard InChI is InChI=1S/C16H14N2O2/c1-11(12-6-8-13(9-7-12)18(19)20)15-10-17-16-5-3-2-4-14(15)16/h2-11,17H,1H3. The number of non-ortho nitro benzene ring substituents is 1. The Bertz CT molecular complexity index is 760. The van der Waals surface area contributed by atoms with Gasteiger partial charge in [0.1, 0.15) is 0 Å². The molecule has 4 heteroatoms. The zero-order valence-corrected chi connectivity index (χ0v) is 11.0. The molecular formula is C16H14N2O2. The predicted molar refractivity (Wildman–Crippen MR) is 78.9 cm³/mol. The highest BCUT2D eigenvalue weighted by molar-refractivity contribution is 5.84. The average Bonchev–Trinajstić information content (AvgIpc) is 2.90. The summed E-state index contributed by atoms with van der Waals surface area (Å²) in [6.07, 6.45) is 2.01. The van der Waals surface area contributed by atoms with Gasteiger partial charge in [-0.3, -0.25) is 10.1 Å². The van der Waals surface area contributed by atoms with Crippen LogP contribution in [-0.2, 0) is 0 Å². The monoisotopic (exact) mass is 266 g/mol. The fourth-order valence-electron chi connectivity index (χ4n) is 2.52. The summed E-state index contributed by atoms with van der Waals surface area (Å²) in [7, 11) is 0. The molecule has 20 heavy (non-hydrogen) atoms. The molecular weight excluding hydrogens is 252 g/mol. The van der Waals surface area contributed by atoms with E-state index in [1.54, 1.807) is 12.1 Å². The highest BCUT2D eigenvalue weighted by Gasteiger charge is 2.14. The zero-order valence-electron chi connectivity index (χ0n) is 11.0. The third-order valence-electron chi connectivity index (χ3n) is 3.69. The number of benzene rings is 2. The van der Waals surface area contributed by atoms with Crippen LogP contribution in [0.3, 0.4) is 0 Å². The summed E-state index contributed by atoms with van der Waals surface area (Å²) in [4.78, 5) is 13.6. The van der Waals surface area contributed by atoms with E-state index in [9.17, 15) is 10.1 Å². The van der Waals surface area contributed by atoms with Crippen molar-refractivity contribution in [2.75, 3.05) is 0 Å². The lowest BCUT2D eigenvalue weighted by Gasteiger charge is -2.11. The molecule has 3 aromatic rings. The van der Waals surface area contributed by atoms with Crippen molar-refractivity contribution in [3.05, 3.63) is 76.0 Å². The summed E-state index contributed by atoms with van der Waals surface area (Å²) in [5.41, 5.74) is 3.51. The van der Waals surface area contributed by atoms with Gasteiger partial charge in [-0.05, 0) is 17.2 Å². The first kappa shape index (κ1) is 12.4. The second-order valence-electron chi connectivity index (χ2n) is 4.86. The molecule has 1 unspecified atom stereocenters. The lowest BCUT2D eigenvalue weighted by molar-refractivity contribution is -0.384. The minimum Gasteiger partial charge on any atom is -0.361 e. The predicted octanol–water partition coefficient (Wildman–Crippen LogP) is 4.23. The van der Waals surface area contributed by atoms with Gasteiger partial charge in [0.25, 0.3) is 5.69 Å². The van der Waals surface area contributed by atoms with Crippen LogP contribution in [0.4, 0.5) is 5.69 Å². The van der Waals surface area contributed by atoms with E-state index in [1.807, 2.05) is 36.5 Å². The number of aromatic nitrogens is 1. The molecule has 0 spiro atoms. The van der Waals surface area contributed by atoms with E-state index in [4.69, 9.17) is 0 Å². The highest BCUT2D eigenvalue weighted by atomic mass is 16.6. The van der Waals surface area contributed by atoms with Crippen LogP contribution in [0.5, 0.6) is 0 Å². The smallest absolute Gasteiger partial charge is 0.269 e. The lowest BCUT2D eigenvalue weighted by atomic mass is 9.93. The number of para-hydroxylation sites is 1. The minimum atomic E-state index is -0.375. The van der Waals surface area contributed by atoms with Gasteiger partial charge < -0.3 is 4.98 Å². The van der Waals surface area contributed by atoms with Gasteiger partial charge >= 0.3 is 0 Å². The molecule has 1 aromatic heterocycles. The molecule has 1 N–H and O–H groups in total. The number of nitro groups is 1. The Labute approximate surface area is 116 Å². The van der Waals surface area contributed by atoms with Crippen LogP contribution in [0.15, 0.2) is 54.7 Å². The quantitative estimate of drug-likeness (QED) is 0.569. The number of nitrogens with one attached hydrogen (secondary N) is 1. The number of nitrogens with zero attached hydrogens (tertiary/aromatic N) is 1. The number of hydrogen-bond acceptors (Lipinski definition) is 2. The van der Waals surface area contributed by atoms with Crippen molar-refractivity contribution in [1.82, 2.24) is 4.98 Å². The summed E-state index contributed by atoms with van der Waals surface area (Å²) in [6, 6.07) is 14.9. The van der Waals surface area contributed by atoms with Gasteiger partial charge in [-0.15, -0.1) is 0 Å². The molecule has 100 valence electrons. The fraction of sp³-hybridized carbons (Fsp3) is 0.125. The van der Waals surface area contributed by atoms with Crippen molar-refractivity contribution in [2.24, 2.45) is 0 Å². The maximum atomic E-state index is 10.7. The second kappa shape index (κ2) is 4.81. The largest absolute Gasteiger partial charge is 0.361 e. The first-order valence-corrected chi connectivity index (χ1v) is 6.47. The molecule has 3 rings (SSSR count). The van der Waals surface area contributed by atoms with Gasteiger partial charge in [-0.1, -0.05) is 37.3 Å². The van der Waals surface area contributed by atoms with E-state index >= 15 is 0 Å². The number of H-pyrrole nitrogens is 1. The van der Waals surface area contributed by atoms with E-state index in [2.05, 4.69) is 18.0 Å². The van der Waals surface area contributed by atoms with Crippen LogP contribution in [-0.4, -0.2) is 9.91 Å². The fourth-order valence-corrected chi connectivity index (χ4v) is 2.52. The van der Waals surface area contributed by atoms with E-state index in [1.165, 1.54) is 10.9 Å². The van der Waals surface area contributed by atoms with Crippen molar-refractivity contribution >= 4 is 16.6 Å². The van der Waals surface area contributed by atoms with Crippen molar-refractivity contribution < 1.29 is 4.92 Å². The summed E-state index contributed by atoms with van der Waals surface area (Å²) in [5, 5.41) is 11.9. The average molecular weight is 266 g/mol. The summed E-state index contributed by atoms with van der Waals surface area (Å²) >= 11 is 0. The Kier molecular flexibility index (Phi) is 2.99. The number of aromatic amines is 1. The molecule has 0 saturated heterocycles. The Morgan fingerprint density at radius 1 is 1.10 bits per heavy atom. The Hall–Kier alpha value is -2.62. The summed E-state index contributed by atoms with van der Waals surface area (Å²) < 4.78 is 0. The zero-order chi connectivity index (χ0) is 14.1. The third kappa shape index (κ3) is 2.05. The maximum Gasteiger partial charge on any atom is 0.269 e. The highest BCUT2D eigenvalue weighted by Crippen LogP contribution is 2.31. The van der Waals surface area contributed by atoms with Crippen LogP contribution in [0.2, 0.25) is 0 Å². The molecule has 0 radical (unpaired) electrons. The molecule has 4 nitrogen and oxygen atoms in total. The van der Waals surface area contributed by atoms with Crippen LogP contribution >= 0.6 is 0 Å². The van der Waals surface area contributed by atoms with Gasteiger partial charge in [0.05, 0.1) is 4.92 Å². The van der Waals surface area contributed by atoms with Gasteiger partial charge in [-0.2, -0.15) is 0 Å². The van der Waals surface area contributed by atoms with Gasteiger partial charge in [0.2, 0.25) is 0 Å². The summed E-state index contributed by atoms with van der Waals surface area (Å²) in [5.74, 6) is 0.187. The lowest BCUT2D eigenvalue weighted by Crippen LogP contribution is -1.96. The number of rotatable bonds is 3. The molecule has 1 atom stereocenters.